The van der Waals surface area contributed by atoms with Gasteiger partial charge in [-0.2, -0.15) is 4.57 Å². The molecule has 5 aromatic rings. The second-order valence-electron chi connectivity index (χ2n) is 8.92. The first-order valence-electron chi connectivity index (χ1n) is 10.3. The number of fused-ring (bicyclic) bond motifs is 2. The lowest BCUT2D eigenvalue weighted by Gasteiger charge is -2.13. The smallest absolute Gasteiger partial charge is 0.241 e. The molecule has 0 radical (unpaired) electrons. The van der Waals surface area contributed by atoms with Crippen molar-refractivity contribution in [3.63, 3.8) is 0 Å². The highest BCUT2D eigenvalue weighted by Crippen LogP contribution is 2.39. The summed E-state index contributed by atoms with van der Waals surface area (Å²) in [5.41, 5.74) is 7.23. The number of hydrogen-bond acceptors (Lipinski definition) is 2. The average Bonchev–Trinajstić information content (AvgIpc) is 3.29. The molecule has 0 spiro atoms. The van der Waals surface area contributed by atoms with E-state index in [4.69, 9.17) is 4.98 Å². The van der Waals surface area contributed by atoms with Crippen molar-refractivity contribution in [2.75, 3.05) is 0 Å². The molecule has 0 unspecified atom stereocenters. The molecule has 3 nitrogen and oxygen atoms in total. The Morgan fingerprint density at radius 1 is 0.900 bits per heavy atom. The summed E-state index contributed by atoms with van der Waals surface area (Å²) in [7, 11) is 2.17. The Balaban J connectivity index is 1.93. The van der Waals surface area contributed by atoms with Gasteiger partial charge in [-0.15, -0.1) is 11.3 Å². The monoisotopic (exact) mass is 412 g/mol. The Hall–Kier alpha value is -2.98. The van der Waals surface area contributed by atoms with E-state index in [2.05, 4.69) is 111 Å². The highest BCUT2D eigenvalue weighted by Gasteiger charge is 2.30. The van der Waals surface area contributed by atoms with Crippen molar-refractivity contribution < 1.29 is 4.57 Å². The van der Waals surface area contributed by atoms with Gasteiger partial charge in [0.05, 0.1) is 27.8 Å². The SMILES string of the molecule is Cc1ccc2nc(C(C)(C)C)sc2c1-c1n(-c2ccccc2)c2ccccc2[n+]1C. The van der Waals surface area contributed by atoms with Crippen molar-refractivity contribution in [3.8, 4) is 17.1 Å². The predicted molar refractivity (Wildman–Crippen MR) is 127 cm³/mol. The second kappa shape index (κ2) is 6.78. The van der Waals surface area contributed by atoms with Crippen molar-refractivity contribution >= 4 is 32.6 Å². The number of hydrogen-bond donors (Lipinski definition) is 0. The number of imidazole rings is 1. The molecule has 0 fully saturated rings. The van der Waals surface area contributed by atoms with E-state index in [-0.39, 0.29) is 5.41 Å². The van der Waals surface area contributed by atoms with Crippen LogP contribution in [-0.2, 0) is 12.5 Å². The molecular formula is C26H26N3S+. The van der Waals surface area contributed by atoms with Crippen LogP contribution in [0.2, 0.25) is 0 Å². The van der Waals surface area contributed by atoms with Gasteiger partial charge in [-0.25, -0.2) is 9.55 Å². The van der Waals surface area contributed by atoms with Crippen LogP contribution >= 0.6 is 11.3 Å². The van der Waals surface area contributed by atoms with E-state index in [0.29, 0.717) is 0 Å². The lowest BCUT2D eigenvalue weighted by Crippen LogP contribution is -2.30. The van der Waals surface area contributed by atoms with E-state index in [9.17, 15) is 0 Å². The molecule has 4 heteroatoms. The Kier molecular flexibility index (Phi) is 4.30. The summed E-state index contributed by atoms with van der Waals surface area (Å²) in [5.74, 6) is 1.19. The zero-order valence-electron chi connectivity index (χ0n) is 18.1. The first kappa shape index (κ1) is 19.0. The zero-order chi connectivity index (χ0) is 21.0. The normalized spacial score (nSPS) is 12.2. The Bertz CT molecular complexity index is 1390. The minimum Gasteiger partial charge on any atom is -0.241 e. The van der Waals surface area contributed by atoms with Crippen LogP contribution in [0, 0.1) is 6.92 Å². The van der Waals surface area contributed by atoms with Gasteiger partial charge in [0.1, 0.15) is 5.69 Å². The minimum atomic E-state index is 0.0309. The third-order valence-electron chi connectivity index (χ3n) is 5.66. The average molecular weight is 413 g/mol. The van der Waals surface area contributed by atoms with Gasteiger partial charge in [0.2, 0.25) is 0 Å². The van der Waals surface area contributed by atoms with Crippen LogP contribution in [0.3, 0.4) is 0 Å². The third kappa shape index (κ3) is 2.86. The first-order chi connectivity index (χ1) is 14.4. The van der Waals surface area contributed by atoms with Gasteiger partial charge in [0.15, 0.2) is 11.0 Å². The number of rotatable bonds is 2. The molecule has 0 atom stereocenters. The summed E-state index contributed by atoms with van der Waals surface area (Å²) in [6.45, 7) is 8.91. The fourth-order valence-corrected chi connectivity index (χ4v) is 5.34. The second-order valence-corrected chi connectivity index (χ2v) is 9.92. The molecule has 0 saturated heterocycles. The van der Waals surface area contributed by atoms with E-state index < -0.39 is 0 Å². The minimum absolute atomic E-state index is 0.0309. The van der Waals surface area contributed by atoms with Gasteiger partial charge >= 0.3 is 0 Å². The maximum absolute atomic E-state index is 5.00. The van der Waals surface area contributed by atoms with E-state index in [0.717, 1.165) is 5.52 Å². The lowest BCUT2D eigenvalue weighted by molar-refractivity contribution is -0.633. The fraction of sp³-hybridized carbons (Fsp3) is 0.231. The number of benzene rings is 3. The molecule has 150 valence electrons. The van der Waals surface area contributed by atoms with Crippen molar-refractivity contribution in [3.05, 3.63) is 77.3 Å². The summed E-state index contributed by atoms with van der Waals surface area (Å²) < 4.78 is 5.96. The van der Waals surface area contributed by atoms with Crippen molar-refractivity contribution in [2.45, 2.75) is 33.1 Å². The number of nitrogens with zero attached hydrogens (tertiary/aromatic N) is 3. The zero-order valence-corrected chi connectivity index (χ0v) is 18.9. The number of para-hydroxylation sites is 3. The van der Waals surface area contributed by atoms with E-state index in [1.165, 1.54) is 43.4 Å². The molecule has 0 aliphatic heterocycles. The third-order valence-corrected chi connectivity index (χ3v) is 7.17. The summed E-state index contributed by atoms with van der Waals surface area (Å²) in [5, 5.41) is 1.18. The molecule has 5 rings (SSSR count). The van der Waals surface area contributed by atoms with E-state index in [1.54, 1.807) is 0 Å². The maximum Gasteiger partial charge on any atom is 0.296 e. The quantitative estimate of drug-likeness (QED) is 0.310. The van der Waals surface area contributed by atoms with Crippen LogP contribution in [0.25, 0.3) is 38.3 Å². The molecule has 2 aromatic heterocycles. The van der Waals surface area contributed by atoms with Crippen LogP contribution in [0.5, 0.6) is 0 Å². The van der Waals surface area contributed by atoms with Gasteiger partial charge in [-0.1, -0.05) is 57.2 Å². The van der Waals surface area contributed by atoms with Crippen LogP contribution in [0.1, 0.15) is 31.3 Å². The van der Waals surface area contributed by atoms with Crippen LogP contribution < -0.4 is 4.57 Å². The topological polar surface area (TPSA) is 21.7 Å². The molecule has 0 N–H and O–H groups in total. The Morgan fingerprint density at radius 2 is 1.60 bits per heavy atom. The predicted octanol–water partition coefficient (Wildman–Crippen LogP) is 6.34. The Labute approximate surface area is 181 Å². The van der Waals surface area contributed by atoms with Crippen molar-refractivity contribution in [1.82, 2.24) is 9.55 Å². The van der Waals surface area contributed by atoms with E-state index in [1.807, 2.05) is 11.3 Å². The molecule has 0 saturated carbocycles. The standard InChI is InChI=1S/C26H26N3S/c1-17-15-16-19-23(30-25(27-19)26(2,3)4)22(17)24-28(5)20-13-9-10-14-21(20)29(24)18-11-7-6-8-12-18/h6-16H,1-5H3/q+1. The van der Waals surface area contributed by atoms with Gasteiger partial charge in [0, 0.05) is 5.41 Å². The fourth-order valence-electron chi connectivity index (χ4n) is 4.12. The molecule has 0 aliphatic carbocycles. The molecule has 2 heterocycles. The summed E-state index contributed by atoms with van der Waals surface area (Å²) >= 11 is 1.82. The molecule has 0 amide bonds. The van der Waals surface area contributed by atoms with Gasteiger partial charge < -0.3 is 0 Å². The largest absolute Gasteiger partial charge is 0.296 e. The Morgan fingerprint density at radius 3 is 2.33 bits per heavy atom. The van der Waals surface area contributed by atoms with Crippen LogP contribution in [0.4, 0.5) is 0 Å². The first-order valence-corrected chi connectivity index (χ1v) is 11.1. The maximum atomic E-state index is 5.00. The van der Waals surface area contributed by atoms with Crippen molar-refractivity contribution in [2.24, 2.45) is 7.05 Å². The molecule has 3 aromatic carbocycles. The lowest BCUT2D eigenvalue weighted by atomic mass is 9.98. The summed E-state index contributed by atoms with van der Waals surface area (Å²) in [4.78, 5) is 5.00. The molecular weight excluding hydrogens is 386 g/mol. The molecule has 30 heavy (non-hydrogen) atoms. The molecule has 0 bridgehead atoms. The highest BCUT2D eigenvalue weighted by atomic mass is 32.1. The van der Waals surface area contributed by atoms with Gasteiger partial charge in [-0.05, 0) is 42.8 Å². The van der Waals surface area contributed by atoms with Gasteiger partial charge in [-0.3, -0.25) is 0 Å². The van der Waals surface area contributed by atoms with Crippen molar-refractivity contribution in [1.29, 1.82) is 0 Å². The summed E-state index contributed by atoms with van der Waals surface area (Å²) in [6.07, 6.45) is 0. The highest BCUT2D eigenvalue weighted by molar-refractivity contribution is 7.19. The summed E-state index contributed by atoms with van der Waals surface area (Å²) in [6, 6.07) is 23.6. The molecule has 0 aliphatic rings. The van der Waals surface area contributed by atoms with Crippen LogP contribution in [-0.4, -0.2) is 9.55 Å². The number of aryl methyl sites for hydroxylation is 2. The van der Waals surface area contributed by atoms with Crippen LogP contribution in [0.15, 0.2) is 66.7 Å². The number of aromatic nitrogens is 3. The van der Waals surface area contributed by atoms with Gasteiger partial charge in [0.25, 0.3) is 5.82 Å². The number of thiazole rings is 1. The van der Waals surface area contributed by atoms with E-state index >= 15 is 0 Å².